The van der Waals surface area contributed by atoms with Crippen LogP contribution in [0.3, 0.4) is 0 Å². The van der Waals surface area contributed by atoms with E-state index >= 15 is 0 Å². The first-order valence-corrected chi connectivity index (χ1v) is 14.5. The third-order valence-corrected chi connectivity index (χ3v) is 8.42. The SMILES string of the molecule is CC(C)(C)C(NC(=O)c1cc2ccccc2[nH]1)C(=O)N1CC2CC1CN2C(=O)c1cc(Oc2ccccc2)ccc1Cl. The number of H-pyrrole nitrogens is 1. The molecule has 3 unspecified atom stereocenters. The maximum Gasteiger partial charge on any atom is 0.268 e. The molecule has 2 N–H and O–H groups in total. The minimum Gasteiger partial charge on any atom is -0.457 e. The largest absolute Gasteiger partial charge is 0.457 e. The minimum absolute atomic E-state index is 0.133. The van der Waals surface area contributed by atoms with Crippen LogP contribution in [0.2, 0.25) is 5.02 Å². The standard InChI is InChI=1S/C33H33ClN4O4/c1-33(2,3)29(36-30(39)28-15-20-9-7-8-12-27(20)35-28)32(41)38-19-21-16-22(38)18-37(21)31(40)25-17-24(13-14-26(25)34)42-23-10-5-4-6-11-23/h4-15,17,21-22,29,35H,16,18-19H2,1-3H3,(H,36,39). The lowest BCUT2D eigenvalue weighted by Crippen LogP contribution is -2.59. The first kappa shape index (κ1) is 27.8. The number of aromatic amines is 1. The number of para-hydroxylation sites is 2. The molecule has 3 aromatic carbocycles. The van der Waals surface area contributed by atoms with Gasteiger partial charge in [0.25, 0.3) is 11.8 Å². The highest BCUT2D eigenvalue weighted by Crippen LogP contribution is 2.36. The monoisotopic (exact) mass is 584 g/mol. The molecule has 3 heterocycles. The molecule has 3 atom stereocenters. The van der Waals surface area contributed by atoms with E-state index in [1.807, 2.05) is 80.3 Å². The van der Waals surface area contributed by atoms with Crippen LogP contribution in [-0.4, -0.2) is 63.7 Å². The highest BCUT2D eigenvalue weighted by molar-refractivity contribution is 6.33. The summed E-state index contributed by atoms with van der Waals surface area (Å²) in [4.78, 5) is 47.5. The Morgan fingerprint density at radius 2 is 1.60 bits per heavy atom. The summed E-state index contributed by atoms with van der Waals surface area (Å²) < 4.78 is 5.92. The second-order valence-electron chi connectivity index (χ2n) is 12.1. The molecule has 2 fully saturated rings. The number of carbonyl (C=O) groups is 3. The molecule has 3 amide bonds. The first-order chi connectivity index (χ1) is 20.1. The number of benzene rings is 3. The third kappa shape index (κ3) is 5.34. The quantitative estimate of drug-likeness (QED) is 0.296. The number of aromatic nitrogens is 1. The van der Waals surface area contributed by atoms with Gasteiger partial charge in [0.15, 0.2) is 0 Å². The van der Waals surface area contributed by atoms with E-state index in [-0.39, 0.29) is 29.8 Å². The van der Waals surface area contributed by atoms with Crippen molar-refractivity contribution in [3.05, 3.63) is 95.1 Å². The normalized spacial score (nSPS) is 18.8. The molecule has 1 aromatic heterocycles. The summed E-state index contributed by atoms with van der Waals surface area (Å²) in [6.07, 6.45) is 0.683. The number of likely N-dealkylation sites (tertiary alicyclic amines) is 2. The summed E-state index contributed by atoms with van der Waals surface area (Å²) in [7, 11) is 0. The predicted octanol–water partition coefficient (Wildman–Crippen LogP) is 5.88. The van der Waals surface area contributed by atoms with Crippen LogP contribution in [-0.2, 0) is 4.79 Å². The fraction of sp³-hybridized carbons (Fsp3) is 0.303. The van der Waals surface area contributed by atoms with Crippen molar-refractivity contribution in [2.75, 3.05) is 13.1 Å². The van der Waals surface area contributed by atoms with Gasteiger partial charge < -0.3 is 24.8 Å². The Balaban J connectivity index is 1.15. The first-order valence-electron chi connectivity index (χ1n) is 14.1. The van der Waals surface area contributed by atoms with E-state index in [4.69, 9.17) is 16.3 Å². The average molecular weight is 585 g/mol. The van der Waals surface area contributed by atoms with Gasteiger partial charge in [-0.3, -0.25) is 14.4 Å². The molecule has 216 valence electrons. The number of carbonyl (C=O) groups excluding carboxylic acids is 3. The van der Waals surface area contributed by atoms with Crippen LogP contribution in [0.4, 0.5) is 0 Å². The van der Waals surface area contributed by atoms with E-state index in [0.717, 1.165) is 10.9 Å². The van der Waals surface area contributed by atoms with Crippen molar-refractivity contribution in [3.8, 4) is 11.5 Å². The number of rotatable bonds is 6. The van der Waals surface area contributed by atoms with Gasteiger partial charge in [-0.1, -0.05) is 68.8 Å². The van der Waals surface area contributed by atoms with Gasteiger partial charge in [0, 0.05) is 24.0 Å². The van der Waals surface area contributed by atoms with Gasteiger partial charge in [0.1, 0.15) is 23.2 Å². The molecule has 2 aliphatic rings. The number of hydrogen-bond donors (Lipinski definition) is 2. The predicted molar refractivity (Wildman–Crippen MR) is 162 cm³/mol. The van der Waals surface area contributed by atoms with E-state index in [1.54, 1.807) is 29.2 Å². The Bertz CT molecular complexity index is 1630. The Morgan fingerprint density at radius 3 is 2.29 bits per heavy atom. The Morgan fingerprint density at radius 1 is 0.905 bits per heavy atom. The van der Waals surface area contributed by atoms with Gasteiger partial charge in [-0.05, 0) is 54.3 Å². The van der Waals surface area contributed by atoms with Crippen molar-refractivity contribution in [1.29, 1.82) is 0 Å². The van der Waals surface area contributed by atoms with E-state index in [9.17, 15) is 14.4 Å². The van der Waals surface area contributed by atoms with Crippen LogP contribution in [0.25, 0.3) is 10.9 Å². The molecule has 2 bridgehead atoms. The highest BCUT2D eigenvalue weighted by Gasteiger charge is 2.50. The molecular formula is C33H33ClN4O4. The van der Waals surface area contributed by atoms with Crippen LogP contribution < -0.4 is 10.1 Å². The lowest BCUT2D eigenvalue weighted by molar-refractivity contribution is -0.138. The van der Waals surface area contributed by atoms with Crippen molar-refractivity contribution in [2.24, 2.45) is 5.41 Å². The lowest BCUT2D eigenvalue weighted by atomic mass is 9.85. The number of piperazine rings is 1. The fourth-order valence-electron chi connectivity index (χ4n) is 5.92. The number of halogens is 1. The van der Waals surface area contributed by atoms with Gasteiger partial charge >= 0.3 is 0 Å². The number of fused-ring (bicyclic) bond motifs is 3. The number of amides is 3. The Labute approximate surface area is 249 Å². The van der Waals surface area contributed by atoms with Gasteiger partial charge in [-0.25, -0.2) is 0 Å². The second-order valence-corrected chi connectivity index (χ2v) is 12.5. The Hall–Kier alpha value is -4.30. The molecule has 6 rings (SSSR count). The van der Waals surface area contributed by atoms with Crippen LogP contribution in [0.1, 0.15) is 48.0 Å². The Kier molecular flexibility index (Phi) is 7.19. The van der Waals surface area contributed by atoms with Crippen molar-refractivity contribution in [1.82, 2.24) is 20.1 Å². The summed E-state index contributed by atoms with van der Waals surface area (Å²) in [6.45, 7) is 6.64. The zero-order valence-corrected chi connectivity index (χ0v) is 24.5. The van der Waals surface area contributed by atoms with Gasteiger partial charge in [0.2, 0.25) is 5.91 Å². The molecule has 2 saturated heterocycles. The zero-order chi connectivity index (χ0) is 29.6. The maximum absolute atomic E-state index is 13.9. The van der Waals surface area contributed by atoms with Gasteiger partial charge in [0.05, 0.1) is 22.7 Å². The zero-order valence-electron chi connectivity index (χ0n) is 23.8. The fourth-order valence-corrected chi connectivity index (χ4v) is 6.11. The molecule has 0 aliphatic carbocycles. The van der Waals surface area contributed by atoms with E-state index in [2.05, 4.69) is 10.3 Å². The number of nitrogens with one attached hydrogen (secondary N) is 2. The van der Waals surface area contributed by atoms with E-state index in [1.165, 1.54) is 0 Å². The van der Waals surface area contributed by atoms with Crippen LogP contribution in [0.15, 0.2) is 78.9 Å². The van der Waals surface area contributed by atoms with Crippen LogP contribution >= 0.6 is 11.6 Å². The molecule has 42 heavy (non-hydrogen) atoms. The lowest BCUT2D eigenvalue weighted by Gasteiger charge is -2.39. The smallest absolute Gasteiger partial charge is 0.268 e. The summed E-state index contributed by atoms with van der Waals surface area (Å²) in [5.74, 6) is 0.541. The molecule has 0 saturated carbocycles. The summed E-state index contributed by atoms with van der Waals surface area (Å²) >= 11 is 6.46. The molecule has 9 heteroatoms. The molecular weight excluding hydrogens is 552 g/mol. The van der Waals surface area contributed by atoms with Gasteiger partial charge in [-0.15, -0.1) is 0 Å². The number of ether oxygens (including phenoxy) is 1. The second kappa shape index (κ2) is 10.8. The minimum atomic E-state index is -0.735. The van der Waals surface area contributed by atoms with Gasteiger partial charge in [-0.2, -0.15) is 0 Å². The van der Waals surface area contributed by atoms with Crippen molar-refractivity contribution < 1.29 is 19.1 Å². The molecule has 0 radical (unpaired) electrons. The van der Waals surface area contributed by atoms with Crippen molar-refractivity contribution in [3.63, 3.8) is 0 Å². The summed E-state index contributed by atoms with van der Waals surface area (Å²) in [5, 5.41) is 4.27. The van der Waals surface area contributed by atoms with Crippen molar-refractivity contribution >= 4 is 40.2 Å². The van der Waals surface area contributed by atoms with Crippen molar-refractivity contribution in [2.45, 2.75) is 45.3 Å². The topological polar surface area (TPSA) is 94.7 Å². The number of hydrogen-bond acceptors (Lipinski definition) is 4. The van der Waals surface area contributed by atoms with E-state index < -0.39 is 11.5 Å². The van der Waals surface area contributed by atoms with E-state index in [0.29, 0.717) is 47.3 Å². The summed E-state index contributed by atoms with van der Waals surface area (Å²) in [5.41, 5.74) is 1.12. The number of nitrogens with zero attached hydrogens (tertiary/aromatic N) is 2. The van der Waals surface area contributed by atoms with Crippen LogP contribution in [0, 0.1) is 5.41 Å². The highest BCUT2D eigenvalue weighted by atomic mass is 35.5. The summed E-state index contributed by atoms with van der Waals surface area (Å²) in [6, 6.07) is 22.9. The maximum atomic E-state index is 13.9. The average Bonchev–Trinajstić information content (AvgIpc) is 3.70. The third-order valence-electron chi connectivity index (χ3n) is 8.09. The molecule has 2 aliphatic heterocycles. The van der Waals surface area contributed by atoms with Crippen LogP contribution in [0.5, 0.6) is 11.5 Å². The molecule has 0 spiro atoms. The molecule has 8 nitrogen and oxygen atoms in total. The molecule has 4 aromatic rings.